The van der Waals surface area contributed by atoms with Crippen LogP contribution < -0.4 is 0 Å². The predicted molar refractivity (Wildman–Crippen MR) is 72.7 cm³/mol. The highest BCUT2D eigenvalue weighted by molar-refractivity contribution is 9.09. The van der Waals surface area contributed by atoms with Crippen LogP contribution in [0, 0.1) is 0 Å². The number of carbonyl (C=O) groups excluding carboxylic acids is 1. The summed E-state index contributed by atoms with van der Waals surface area (Å²) in [5, 5.41) is 0.727. The second-order valence-corrected chi connectivity index (χ2v) is 5.42. The third kappa shape index (κ3) is 3.54. The van der Waals surface area contributed by atoms with Crippen LogP contribution in [0.5, 0.6) is 0 Å². The number of benzene rings is 1. The van der Waals surface area contributed by atoms with Crippen LogP contribution in [0.1, 0.15) is 16.8 Å². The number of alkyl halides is 1. The van der Waals surface area contributed by atoms with Crippen molar-refractivity contribution in [1.82, 2.24) is 0 Å². The maximum absolute atomic E-state index is 11.7. The van der Waals surface area contributed by atoms with Gasteiger partial charge in [-0.2, -0.15) is 0 Å². The van der Waals surface area contributed by atoms with Gasteiger partial charge in [0.2, 0.25) is 0 Å². The zero-order valence-corrected chi connectivity index (χ0v) is 12.0. The van der Waals surface area contributed by atoms with Crippen molar-refractivity contribution in [2.45, 2.75) is 16.2 Å². The summed E-state index contributed by atoms with van der Waals surface area (Å²) >= 11 is 6.68. The van der Waals surface area contributed by atoms with Crippen molar-refractivity contribution in [3.63, 3.8) is 0 Å². The van der Waals surface area contributed by atoms with Gasteiger partial charge in [0.1, 0.15) is 0 Å². The van der Waals surface area contributed by atoms with E-state index in [0.717, 1.165) is 10.9 Å². The Morgan fingerprint density at radius 2 is 1.93 bits per heavy atom. The van der Waals surface area contributed by atoms with Gasteiger partial charge in [-0.05, 0) is 24.6 Å². The number of Topliss-reactive ketones (excluding diaryl/α,β-unsaturated/α-hetero) is 1. The lowest BCUT2D eigenvalue weighted by atomic mass is 10.1. The van der Waals surface area contributed by atoms with Crippen molar-refractivity contribution in [3.8, 4) is 0 Å². The average Bonchev–Trinajstić information content (AvgIpc) is 2.28. The van der Waals surface area contributed by atoms with E-state index in [2.05, 4.69) is 22.2 Å². The third-order valence-corrected chi connectivity index (χ3v) is 4.13. The minimum Gasteiger partial charge on any atom is -0.294 e. The summed E-state index contributed by atoms with van der Waals surface area (Å²) < 4.78 is 0. The van der Waals surface area contributed by atoms with Crippen molar-refractivity contribution in [1.29, 1.82) is 0 Å². The number of thioether (sulfide) groups is 2. The highest BCUT2D eigenvalue weighted by Gasteiger charge is 2.08. The molecule has 0 aliphatic heterocycles. The highest BCUT2D eigenvalue weighted by atomic mass is 79.9. The molecule has 1 aromatic carbocycles. The molecule has 0 amide bonds. The van der Waals surface area contributed by atoms with Crippen molar-refractivity contribution in [2.75, 3.05) is 17.8 Å². The van der Waals surface area contributed by atoms with Gasteiger partial charge in [0.15, 0.2) is 5.78 Å². The molecule has 0 heterocycles. The Balaban J connectivity index is 2.97. The van der Waals surface area contributed by atoms with Gasteiger partial charge < -0.3 is 0 Å². The Bertz CT molecular complexity index is 352. The van der Waals surface area contributed by atoms with E-state index in [-0.39, 0.29) is 5.78 Å². The molecule has 0 fully saturated rings. The van der Waals surface area contributed by atoms with Crippen LogP contribution in [0.25, 0.3) is 0 Å². The van der Waals surface area contributed by atoms with Crippen molar-refractivity contribution in [2.24, 2.45) is 0 Å². The van der Waals surface area contributed by atoms with Crippen LogP contribution in [-0.2, 0) is 0 Å². The van der Waals surface area contributed by atoms with Gasteiger partial charge in [0.05, 0.1) is 0 Å². The van der Waals surface area contributed by atoms with Crippen LogP contribution in [0.4, 0.5) is 0 Å². The van der Waals surface area contributed by atoms with Crippen LogP contribution >= 0.6 is 39.5 Å². The Kier molecular flexibility index (Phi) is 5.79. The maximum Gasteiger partial charge on any atom is 0.163 e. The van der Waals surface area contributed by atoms with Gasteiger partial charge in [-0.25, -0.2) is 0 Å². The number of hydrogen-bond donors (Lipinski definition) is 0. The molecule has 0 saturated carbocycles. The molecule has 1 aromatic rings. The van der Waals surface area contributed by atoms with Gasteiger partial charge >= 0.3 is 0 Å². The summed E-state index contributed by atoms with van der Waals surface area (Å²) in [7, 11) is 0. The molecule has 0 spiro atoms. The first kappa shape index (κ1) is 13.1. The Morgan fingerprint density at radius 3 is 2.47 bits per heavy atom. The van der Waals surface area contributed by atoms with E-state index in [1.807, 2.05) is 24.5 Å². The molecule has 0 aliphatic rings. The second-order valence-electron chi connectivity index (χ2n) is 2.93. The van der Waals surface area contributed by atoms with E-state index in [9.17, 15) is 4.79 Å². The van der Waals surface area contributed by atoms with E-state index in [4.69, 9.17) is 0 Å². The molecule has 1 rings (SSSR count). The standard InChI is InChI=1S/C11H13BrOS2/c1-14-10-4-3-8(7-11(10)15-2)9(13)5-6-12/h3-4,7H,5-6H2,1-2H3. The first-order valence-corrected chi connectivity index (χ1v) is 8.11. The fourth-order valence-electron chi connectivity index (χ4n) is 1.24. The van der Waals surface area contributed by atoms with Crippen LogP contribution in [-0.4, -0.2) is 23.6 Å². The average molecular weight is 305 g/mol. The number of ketones is 1. The van der Waals surface area contributed by atoms with Crippen molar-refractivity contribution >= 4 is 45.2 Å². The van der Waals surface area contributed by atoms with Crippen LogP contribution in [0.3, 0.4) is 0 Å². The number of halogens is 1. The van der Waals surface area contributed by atoms with Gasteiger partial charge in [-0.15, -0.1) is 23.5 Å². The Labute approximate surface area is 108 Å². The molecule has 82 valence electrons. The fourth-order valence-corrected chi connectivity index (χ4v) is 3.08. The Morgan fingerprint density at radius 1 is 1.27 bits per heavy atom. The van der Waals surface area contributed by atoms with Crippen molar-refractivity contribution < 1.29 is 4.79 Å². The summed E-state index contributed by atoms with van der Waals surface area (Å²) in [6.45, 7) is 0. The summed E-state index contributed by atoms with van der Waals surface area (Å²) in [6, 6.07) is 5.93. The molecule has 0 radical (unpaired) electrons. The quantitative estimate of drug-likeness (QED) is 0.463. The zero-order valence-electron chi connectivity index (χ0n) is 8.75. The molecule has 0 atom stereocenters. The first-order chi connectivity index (χ1) is 7.22. The fraction of sp³-hybridized carbons (Fsp3) is 0.364. The molecule has 1 nitrogen and oxygen atoms in total. The minimum atomic E-state index is 0.204. The van der Waals surface area contributed by atoms with E-state index in [1.165, 1.54) is 9.79 Å². The van der Waals surface area contributed by atoms with Gasteiger partial charge in [-0.3, -0.25) is 4.79 Å². The summed E-state index contributed by atoms with van der Waals surface area (Å²) in [4.78, 5) is 14.1. The normalized spacial score (nSPS) is 10.3. The van der Waals surface area contributed by atoms with E-state index in [1.54, 1.807) is 23.5 Å². The largest absolute Gasteiger partial charge is 0.294 e. The SMILES string of the molecule is CSc1ccc(C(=O)CCBr)cc1SC. The molecule has 0 saturated heterocycles. The third-order valence-electron chi connectivity index (χ3n) is 2.03. The molecule has 0 unspecified atom stereocenters. The minimum absolute atomic E-state index is 0.204. The van der Waals surface area contributed by atoms with Crippen LogP contribution in [0.15, 0.2) is 28.0 Å². The van der Waals surface area contributed by atoms with E-state index < -0.39 is 0 Å². The lowest BCUT2D eigenvalue weighted by Gasteiger charge is -2.06. The summed E-state index contributed by atoms with van der Waals surface area (Å²) in [5.41, 5.74) is 0.816. The molecule has 15 heavy (non-hydrogen) atoms. The number of carbonyl (C=O) groups is 1. The topological polar surface area (TPSA) is 17.1 Å². The summed E-state index contributed by atoms with van der Waals surface area (Å²) in [5.74, 6) is 0.204. The molecular weight excluding hydrogens is 292 g/mol. The second kappa shape index (κ2) is 6.61. The molecule has 0 aromatic heterocycles. The molecule has 0 aliphatic carbocycles. The number of hydrogen-bond acceptors (Lipinski definition) is 3. The molecule has 0 bridgehead atoms. The zero-order chi connectivity index (χ0) is 11.3. The van der Waals surface area contributed by atoms with Gasteiger partial charge in [-0.1, -0.05) is 22.0 Å². The summed E-state index contributed by atoms with van der Waals surface area (Å²) in [6.07, 6.45) is 4.65. The first-order valence-electron chi connectivity index (χ1n) is 4.54. The molecular formula is C11H13BrOS2. The van der Waals surface area contributed by atoms with Gasteiger partial charge in [0.25, 0.3) is 0 Å². The van der Waals surface area contributed by atoms with Crippen molar-refractivity contribution in [3.05, 3.63) is 23.8 Å². The lowest BCUT2D eigenvalue weighted by Crippen LogP contribution is -1.99. The molecule has 0 N–H and O–H groups in total. The molecule has 4 heteroatoms. The number of rotatable bonds is 5. The van der Waals surface area contributed by atoms with Crippen LogP contribution in [0.2, 0.25) is 0 Å². The smallest absolute Gasteiger partial charge is 0.163 e. The lowest BCUT2D eigenvalue weighted by molar-refractivity contribution is 0.0989. The van der Waals surface area contributed by atoms with Gasteiger partial charge in [0, 0.05) is 27.1 Å². The van der Waals surface area contributed by atoms with E-state index in [0.29, 0.717) is 6.42 Å². The highest BCUT2D eigenvalue weighted by Crippen LogP contribution is 2.29. The predicted octanol–water partition coefficient (Wildman–Crippen LogP) is 4.10. The maximum atomic E-state index is 11.7. The Hall–Kier alpha value is 0.0700. The van der Waals surface area contributed by atoms with E-state index >= 15 is 0 Å². The monoisotopic (exact) mass is 304 g/mol.